The average molecular weight is 194 g/mol. The molecular weight excluding hydrogens is 180 g/mol. The summed E-state index contributed by atoms with van der Waals surface area (Å²) >= 11 is 0. The quantitative estimate of drug-likeness (QED) is 0.779. The number of aromatic nitrogens is 1. The highest BCUT2D eigenvalue weighted by Gasteiger charge is 2.23. The van der Waals surface area contributed by atoms with Gasteiger partial charge >= 0.3 is 0 Å². The number of pyridine rings is 1. The molecule has 4 heteroatoms. The highest BCUT2D eigenvalue weighted by molar-refractivity contribution is 5.35. The number of methoxy groups -OCH3 is 1. The standard InChI is InChI=1S/C10H14N2O2/c1-13-10-4-8(14-7-2-3-7)6-12-9(10)5-11/h4,6-7H,2-3,5,11H2,1H3. The minimum atomic E-state index is 0.380. The zero-order chi connectivity index (χ0) is 9.97. The van der Waals surface area contributed by atoms with E-state index in [4.69, 9.17) is 15.2 Å². The van der Waals surface area contributed by atoms with Crippen molar-refractivity contribution in [3.8, 4) is 11.5 Å². The summed E-state index contributed by atoms with van der Waals surface area (Å²) < 4.78 is 10.7. The Morgan fingerprint density at radius 2 is 2.36 bits per heavy atom. The van der Waals surface area contributed by atoms with Crippen LogP contribution in [0.3, 0.4) is 0 Å². The van der Waals surface area contributed by atoms with Gasteiger partial charge in [-0.1, -0.05) is 0 Å². The minimum Gasteiger partial charge on any atom is -0.495 e. The lowest BCUT2D eigenvalue weighted by Gasteiger charge is -2.08. The Bertz CT molecular complexity index is 324. The maximum Gasteiger partial charge on any atom is 0.145 e. The van der Waals surface area contributed by atoms with Crippen molar-refractivity contribution in [2.75, 3.05) is 7.11 Å². The van der Waals surface area contributed by atoms with Crippen molar-refractivity contribution in [3.05, 3.63) is 18.0 Å². The number of nitrogens with two attached hydrogens (primary N) is 1. The van der Waals surface area contributed by atoms with Gasteiger partial charge < -0.3 is 15.2 Å². The Labute approximate surface area is 83.0 Å². The van der Waals surface area contributed by atoms with Gasteiger partial charge in [0.2, 0.25) is 0 Å². The third-order valence-electron chi connectivity index (χ3n) is 2.15. The van der Waals surface area contributed by atoms with Gasteiger partial charge in [0.1, 0.15) is 11.5 Å². The van der Waals surface area contributed by atoms with Gasteiger partial charge in [0, 0.05) is 12.6 Å². The molecule has 2 rings (SSSR count). The van der Waals surface area contributed by atoms with E-state index in [-0.39, 0.29) is 0 Å². The molecule has 1 saturated carbocycles. The second-order valence-corrected chi connectivity index (χ2v) is 3.34. The van der Waals surface area contributed by atoms with Gasteiger partial charge in [-0.3, -0.25) is 4.98 Å². The lowest BCUT2D eigenvalue weighted by molar-refractivity contribution is 0.298. The van der Waals surface area contributed by atoms with Crippen LogP contribution in [0.2, 0.25) is 0 Å². The van der Waals surface area contributed by atoms with Gasteiger partial charge in [0.05, 0.1) is 25.1 Å². The van der Waals surface area contributed by atoms with Crippen molar-refractivity contribution in [1.29, 1.82) is 0 Å². The van der Waals surface area contributed by atoms with E-state index in [9.17, 15) is 0 Å². The van der Waals surface area contributed by atoms with E-state index in [2.05, 4.69) is 4.98 Å². The third-order valence-corrected chi connectivity index (χ3v) is 2.15. The molecule has 0 spiro atoms. The highest BCUT2D eigenvalue weighted by atomic mass is 16.5. The van der Waals surface area contributed by atoms with E-state index >= 15 is 0 Å². The molecule has 0 radical (unpaired) electrons. The van der Waals surface area contributed by atoms with Gasteiger partial charge in [-0.15, -0.1) is 0 Å². The van der Waals surface area contributed by atoms with Crippen molar-refractivity contribution < 1.29 is 9.47 Å². The summed E-state index contributed by atoms with van der Waals surface area (Å²) in [4.78, 5) is 4.17. The van der Waals surface area contributed by atoms with Crippen LogP contribution in [0, 0.1) is 0 Å². The minimum absolute atomic E-state index is 0.380. The van der Waals surface area contributed by atoms with Crippen LogP contribution in [-0.4, -0.2) is 18.2 Å². The van der Waals surface area contributed by atoms with Crippen LogP contribution in [0.4, 0.5) is 0 Å². The van der Waals surface area contributed by atoms with E-state index in [1.54, 1.807) is 13.3 Å². The number of nitrogens with zero attached hydrogens (tertiary/aromatic N) is 1. The molecule has 76 valence electrons. The smallest absolute Gasteiger partial charge is 0.145 e. The molecule has 4 nitrogen and oxygen atoms in total. The molecule has 1 aliphatic rings. The summed E-state index contributed by atoms with van der Waals surface area (Å²) in [6, 6.07) is 1.84. The van der Waals surface area contributed by atoms with Crippen molar-refractivity contribution in [2.45, 2.75) is 25.5 Å². The zero-order valence-electron chi connectivity index (χ0n) is 8.19. The summed E-state index contributed by atoms with van der Waals surface area (Å²) in [5.41, 5.74) is 6.27. The van der Waals surface area contributed by atoms with Crippen molar-refractivity contribution in [3.63, 3.8) is 0 Å². The van der Waals surface area contributed by atoms with Crippen LogP contribution in [0.1, 0.15) is 18.5 Å². The first kappa shape index (κ1) is 9.27. The molecule has 2 N–H and O–H groups in total. The van der Waals surface area contributed by atoms with Gasteiger partial charge in [-0.25, -0.2) is 0 Å². The predicted octanol–water partition coefficient (Wildman–Crippen LogP) is 1.09. The Morgan fingerprint density at radius 1 is 1.57 bits per heavy atom. The lowest BCUT2D eigenvalue weighted by atomic mass is 10.3. The average Bonchev–Trinajstić information content (AvgIpc) is 3.01. The van der Waals surface area contributed by atoms with Crippen molar-refractivity contribution >= 4 is 0 Å². The van der Waals surface area contributed by atoms with Crippen LogP contribution >= 0.6 is 0 Å². The maximum atomic E-state index is 5.58. The summed E-state index contributed by atoms with van der Waals surface area (Å²) in [6.07, 6.45) is 4.36. The van der Waals surface area contributed by atoms with Crippen LogP contribution in [-0.2, 0) is 6.54 Å². The van der Waals surface area contributed by atoms with E-state index in [1.165, 1.54) is 0 Å². The summed E-state index contributed by atoms with van der Waals surface area (Å²) in [6.45, 7) is 0.382. The molecule has 1 aromatic heterocycles. The summed E-state index contributed by atoms with van der Waals surface area (Å²) in [5.74, 6) is 1.47. The van der Waals surface area contributed by atoms with E-state index in [0.717, 1.165) is 24.3 Å². The molecule has 0 aromatic carbocycles. The van der Waals surface area contributed by atoms with Crippen LogP contribution in [0.25, 0.3) is 0 Å². The Kier molecular flexibility index (Phi) is 2.54. The van der Waals surface area contributed by atoms with Gasteiger partial charge in [-0.2, -0.15) is 0 Å². The van der Waals surface area contributed by atoms with E-state index in [1.807, 2.05) is 6.07 Å². The Balaban J connectivity index is 2.16. The molecule has 14 heavy (non-hydrogen) atoms. The number of ether oxygens (including phenoxy) is 2. The molecule has 1 aliphatic carbocycles. The Morgan fingerprint density at radius 3 is 2.93 bits per heavy atom. The monoisotopic (exact) mass is 194 g/mol. The van der Waals surface area contributed by atoms with Gasteiger partial charge in [0.25, 0.3) is 0 Å². The molecule has 0 amide bonds. The highest BCUT2D eigenvalue weighted by Crippen LogP contribution is 2.29. The third kappa shape index (κ3) is 1.96. The summed E-state index contributed by atoms with van der Waals surface area (Å²) in [7, 11) is 1.61. The van der Waals surface area contributed by atoms with Crippen molar-refractivity contribution in [1.82, 2.24) is 4.98 Å². The molecule has 0 bridgehead atoms. The van der Waals surface area contributed by atoms with Gasteiger partial charge in [0.15, 0.2) is 0 Å². The topological polar surface area (TPSA) is 57.4 Å². The first-order valence-electron chi connectivity index (χ1n) is 4.73. The largest absolute Gasteiger partial charge is 0.495 e. The van der Waals surface area contributed by atoms with E-state index < -0.39 is 0 Å². The van der Waals surface area contributed by atoms with Gasteiger partial charge in [-0.05, 0) is 12.8 Å². The SMILES string of the molecule is COc1cc(OC2CC2)cnc1CN. The molecule has 0 unspecified atom stereocenters. The van der Waals surface area contributed by atoms with Crippen LogP contribution < -0.4 is 15.2 Å². The Hall–Kier alpha value is -1.29. The maximum absolute atomic E-state index is 5.58. The van der Waals surface area contributed by atoms with Crippen molar-refractivity contribution in [2.24, 2.45) is 5.73 Å². The second kappa shape index (κ2) is 3.84. The first-order chi connectivity index (χ1) is 6.83. The molecule has 1 fully saturated rings. The molecule has 0 atom stereocenters. The van der Waals surface area contributed by atoms with Crippen LogP contribution in [0.15, 0.2) is 12.3 Å². The first-order valence-corrected chi connectivity index (χ1v) is 4.73. The summed E-state index contributed by atoms with van der Waals surface area (Å²) in [5, 5.41) is 0. The zero-order valence-corrected chi connectivity index (χ0v) is 8.19. The fraction of sp³-hybridized carbons (Fsp3) is 0.500. The predicted molar refractivity (Wildman–Crippen MR) is 52.3 cm³/mol. The fourth-order valence-corrected chi connectivity index (χ4v) is 1.23. The number of hydrogen-bond donors (Lipinski definition) is 1. The molecular formula is C10H14N2O2. The number of hydrogen-bond acceptors (Lipinski definition) is 4. The second-order valence-electron chi connectivity index (χ2n) is 3.34. The number of rotatable bonds is 4. The molecule has 1 heterocycles. The molecule has 1 aromatic rings. The molecule has 0 aliphatic heterocycles. The fourth-order valence-electron chi connectivity index (χ4n) is 1.23. The molecule has 0 saturated heterocycles. The van der Waals surface area contributed by atoms with Crippen LogP contribution in [0.5, 0.6) is 11.5 Å². The normalized spacial score (nSPS) is 15.3. The van der Waals surface area contributed by atoms with E-state index in [0.29, 0.717) is 18.4 Å². The lowest BCUT2D eigenvalue weighted by Crippen LogP contribution is -2.04.